The first-order valence-electron chi connectivity index (χ1n) is 13.3. The summed E-state index contributed by atoms with van der Waals surface area (Å²) in [5.74, 6) is -0.322. The van der Waals surface area contributed by atoms with Crippen LogP contribution in [0.1, 0.15) is 39.2 Å². The third kappa shape index (κ3) is 7.93. The second-order valence-corrected chi connectivity index (χ2v) is 12.2. The van der Waals surface area contributed by atoms with Gasteiger partial charge >= 0.3 is 0 Å². The van der Waals surface area contributed by atoms with Gasteiger partial charge in [0.1, 0.15) is 18.3 Å². The number of hydrogen-bond donors (Lipinski definition) is 1. The van der Waals surface area contributed by atoms with Gasteiger partial charge in [0.2, 0.25) is 11.8 Å². The molecule has 2 atom stereocenters. The molecule has 0 bridgehead atoms. The minimum absolute atomic E-state index is 0.0117. The predicted octanol–water partition coefficient (Wildman–Crippen LogP) is 5.92. The molecule has 1 N–H and O–H groups in total. The number of methoxy groups -OCH3 is 1. The Bertz CT molecular complexity index is 1450. The molecule has 0 aliphatic rings. The molecule has 0 fully saturated rings. The summed E-state index contributed by atoms with van der Waals surface area (Å²) in [4.78, 5) is 28.9. The van der Waals surface area contributed by atoms with Gasteiger partial charge < -0.3 is 15.0 Å². The lowest BCUT2D eigenvalue weighted by molar-refractivity contribution is -0.140. The van der Waals surface area contributed by atoms with Gasteiger partial charge in [-0.1, -0.05) is 73.4 Å². The Morgan fingerprint density at radius 3 is 2.27 bits per heavy atom. The van der Waals surface area contributed by atoms with E-state index in [-0.39, 0.29) is 39.1 Å². The van der Waals surface area contributed by atoms with Crippen LogP contribution in [0.2, 0.25) is 10.0 Å². The van der Waals surface area contributed by atoms with Gasteiger partial charge in [0.25, 0.3) is 10.0 Å². The first kappa shape index (κ1) is 32.2. The molecule has 0 saturated heterocycles. The molecule has 0 spiro atoms. The second-order valence-electron chi connectivity index (χ2n) is 9.51. The third-order valence-electron chi connectivity index (χ3n) is 6.68. The van der Waals surface area contributed by atoms with Gasteiger partial charge in [-0.3, -0.25) is 13.9 Å². The maximum atomic E-state index is 14.2. The van der Waals surface area contributed by atoms with E-state index in [2.05, 4.69) is 5.32 Å². The van der Waals surface area contributed by atoms with Crippen LogP contribution in [0.15, 0.2) is 77.7 Å². The SMILES string of the molecule is CC[C@@H](C)NC(=O)[C@@H](CC)N(Cc1cccc(OC)c1)C(=O)CN(c1cccc(Cl)c1Cl)S(=O)(=O)c1ccccc1. The van der Waals surface area contributed by atoms with Crippen LogP contribution in [0.5, 0.6) is 5.75 Å². The van der Waals surface area contributed by atoms with E-state index in [9.17, 15) is 18.0 Å². The lowest BCUT2D eigenvalue weighted by Gasteiger charge is -2.34. The van der Waals surface area contributed by atoms with Crippen molar-refractivity contribution in [2.45, 2.75) is 57.1 Å². The Morgan fingerprint density at radius 1 is 0.951 bits per heavy atom. The van der Waals surface area contributed by atoms with E-state index in [1.54, 1.807) is 49.4 Å². The smallest absolute Gasteiger partial charge is 0.264 e. The Kier molecular flexibility index (Phi) is 11.5. The van der Waals surface area contributed by atoms with E-state index >= 15 is 0 Å². The maximum Gasteiger partial charge on any atom is 0.264 e. The fourth-order valence-electron chi connectivity index (χ4n) is 4.25. The molecule has 41 heavy (non-hydrogen) atoms. The summed E-state index contributed by atoms with van der Waals surface area (Å²) in [6.45, 7) is 5.07. The summed E-state index contributed by atoms with van der Waals surface area (Å²) in [6, 6.07) is 18.5. The number of sulfonamides is 1. The number of nitrogens with one attached hydrogen (secondary N) is 1. The van der Waals surface area contributed by atoms with Crippen molar-refractivity contribution >= 4 is 50.7 Å². The number of hydrogen-bond acceptors (Lipinski definition) is 5. The molecule has 0 saturated carbocycles. The molecule has 220 valence electrons. The van der Waals surface area contributed by atoms with Crippen molar-refractivity contribution in [1.82, 2.24) is 10.2 Å². The molecule has 3 rings (SSSR count). The predicted molar refractivity (Wildman–Crippen MR) is 163 cm³/mol. The zero-order chi connectivity index (χ0) is 30.2. The quantitative estimate of drug-likeness (QED) is 0.256. The monoisotopic (exact) mass is 619 g/mol. The van der Waals surface area contributed by atoms with Gasteiger partial charge in [0.15, 0.2) is 0 Å². The maximum absolute atomic E-state index is 14.2. The van der Waals surface area contributed by atoms with E-state index in [1.807, 2.05) is 19.9 Å². The van der Waals surface area contributed by atoms with Gasteiger partial charge in [-0.2, -0.15) is 0 Å². The lowest BCUT2D eigenvalue weighted by Crippen LogP contribution is -2.53. The molecule has 0 unspecified atom stereocenters. The molecule has 3 aromatic carbocycles. The molecule has 8 nitrogen and oxygen atoms in total. The average Bonchev–Trinajstić information content (AvgIpc) is 2.97. The number of ether oxygens (including phenoxy) is 1. The summed E-state index contributed by atoms with van der Waals surface area (Å²) in [7, 11) is -2.72. The number of carbonyl (C=O) groups is 2. The first-order chi connectivity index (χ1) is 19.5. The Balaban J connectivity index is 2.10. The van der Waals surface area contributed by atoms with Crippen molar-refractivity contribution in [2.75, 3.05) is 18.0 Å². The van der Waals surface area contributed by atoms with Gasteiger partial charge in [-0.25, -0.2) is 8.42 Å². The Labute approximate surface area is 252 Å². The highest BCUT2D eigenvalue weighted by Crippen LogP contribution is 2.35. The number of carbonyl (C=O) groups excluding carboxylic acids is 2. The number of halogens is 2. The number of nitrogens with zero attached hydrogens (tertiary/aromatic N) is 2. The molecular weight excluding hydrogens is 585 g/mol. The molecule has 0 heterocycles. The normalized spacial score (nSPS) is 12.7. The molecule has 0 aliphatic carbocycles. The highest BCUT2D eigenvalue weighted by atomic mass is 35.5. The topological polar surface area (TPSA) is 96.0 Å². The first-order valence-corrected chi connectivity index (χ1v) is 15.5. The zero-order valence-electron chi connectivity index (χ0n) is 23.5. The van der Waals surface area contributed by atoms with Crippen molar-refractivity contribution in [2.24, 2.45) is 0 Å². The number of benzene rings is 3. The van der Waals surface area contributed by atoms with E-state index < -0.39 is 28.5 Å². The molecule has 3 aromatic rings. The van der Waals surface area contributed by atoms with Crippen LogP contribution in [-0.2, 0) is 26.2 Å². The van der Waals surface area contributed by atoms with Crippen molar-refractivity contribution in [3.05, 3.63) is 88.4 Å². The molecule has 2 amide bonds. The van der Waals surface area contributed by atoms with Crippen LogP contribution in [0, 0.1) is 0 Å². The van der Waals surface area contributed by atoms with Crippen LogP contribution in [0.25, 0.3) is 0 Å². The summed E-state index contributed by atoms with van der Waals surface area (Å²) in [6.07, 6.45) is 1.02. The summed E-state index contributed by atoms with van der Waals surface area (Å²) >= 11 is 12.7. The Morgan fingerprint density at radius 2 is 1.63 bits per heavy atom. The van der Waals surface area contributed by atoms with Crippen LogP contribution < -0.4 is 14.4 Å². The number of amides is 2. The van der Waals surface area contributed by atoms with Crippen LogP contribution >= 0.6 is 23.2 Å². The standard InChI is InChI=1S/C30H35Cl2N3O5S/c1-5-21(3)33-30(37)26(6-2)34(19-22-12-10-13-23(18-22)40-4)28(36)20-35(27-17-11-16-25(31)29(27)32)41(38,39)24-14-8-7-9-15-24/h7-18,21,26H,5-6,19-20H2,1-4H3,(H,33,37)/t21-,26-/m1/s1. The van der Waals surface area contributed by atoms with E-state index in [0.29, 0.717) is 24.2 Å². The van der Waals surface area contributed by atoms with Crippen molar-refractivity contribution in [3.8, 4) is 5.75 Å². The lowest BCUT2D eigenvalue weighted by atomic mass is 10.1. The van der Waals surface area contributed by atoms with E-state index in [4.69, 9.17) is 27.9 Å². The number of anilines is 1. The van der Waals surface area contributed by atoms with Crippen LogP contribution in [-0.4, -0.2) is 50.9 Å². The fourth-order valence-corrected chi connectivity index (χ4v) is 6.14. The number of rotatable bonds is 13. The molecule has 0 radical (unpaired) electrons. The van der Waals surface area contributed by atoms with Gasteiger partial charge in [0.05, 0.1) is 27.7 Å². The zero-order valence-corrected chi connectivity index (χ0v) is 25.8. The van der Waals surface area contributed by atoms with Gasteiger partial charge in [0, 0.05) is 12.6 Å². The van der Waals surface area contributed by atoms with E-state index in [1.165, 1.54) is 36.3 Å². The molecule has 0 aromatic heterocycles. The average molecular weight is 621 g/mol. The Hall–Kier alpha value is -3.27. The van der Waals surface area contributed by atoms with Gasteiger partial charge in [-0.05, 0) is 61.7 Å². The highest BCUT2D eigenvalue weighted by Gasteiger charge is 2.35. The van der Waals surface area contributed by atoms with Crippen molar-refractivity contribution in [3.63, 3.8) is 0 Å². The van der Waals surface area contributed by atoms with Crippen LogP contribution in [0.4, 0.5) is 5.69 Å². The molecule has 0 aliphatic heterocycles. The molecular formula is C30H35Cl2N3O5S. The summed E-state index contributed by atoms with van der Waals surface area (Å²) < 4.78 is 34.1. The minimum atomic E-state index is -4.26. The van der Waals surface area contributed by atoms with Crippen molar-refractivity contribution in [1.29, 1.82) is 0 Å². The minimum Gasteiger partial charge on any atom is -0.497 e. The summed E-state index contributed by atoms with van der Waals surface area (Å²) in [5, 5.41) is 3.08. The molecule has 11 heteroatoms. The van der Waals surface area contributed by atoms with Crippen LogP contribution in [0.3, 0.4) is 0 Å². The third-order valence-corrected chi connectivity index (χ3v) is 9.27. The summed E-state index contributed by atoms with van der Waals surface area (Å²) in [5.41, 5.74) is 0.764. The van der Waals surface area contributed by atoms with E-state index in [0.717, 1.165) is 4.31 Å². The highest BCUT2D eigenvalue weighted by molar-refractivity contribution is 7.92. The van der Waals surface area contributed by atoms with Crippen molar-refractivity contribution < 1.29 is 22.7 Å². The van der Waals surface area contributed by atoms with Gasteiger partial charge in [-0.15, -0.1) is 0 Å². The largest absolute Gasteiger partial charge is 0.497 e. The second kappa shape index (κ2) is 14.6. The fraction of sp³-hybridized carbons (Fsp3) is 0.333.